The number of nitrogens with zero attached hydrogens (tertiary/aromatic N) is 2. The summed E-state index contributed by atoms with van der Waals surface area (Å²) in [6, 6.07) is 10.9. The third kappa shape index (κ3) is 4.40. The van der Waals surface area contributed by atoms with Gasteiger partial charge in [0.1, 0.15) is 11.3 Å². The van der Waals surface area contributed by atoms with E-state index in [4.69, 9.17) is 9.15 Å². The predicted octanol–water partition coefficient (Wildman–Crippen LogP) is 4.70. The van der Waals surface area contributed by atoms with E-state index in [9.17, 15) is 9.59 Å². The molecule has 0 aliphatic carbocycles. The van der Waals surface area contributed by atoms with E-state index in [0.717, 1.165) is 41.8 Å². The van der Waals surface area contributed by atoms with Gasteiger partial charge in [-0.2, -0.15) is 0 Å². The normalized spacial score (nSPS) is 15.5. The maximum atomic E-state index is 13.7. The van der Waals surface area contributed by atoms with Crippen LogP contribution in [0.3, 0.4) is 0 Å². The molecule has 2 heterocycles. The van der Waals surface area contributed by atoms with Crippen molar-refractivity contribution in [1.82, 2.24) is 9.80 Å². The van der Waals surface area contributed by atoms with Gasteiger partial charge in [0.05, 0.1) is 23.6 Å². The van der Waals surface area contributed by atoms with Crippen LogP contribution in [0, 0.1) is 13.8 Å². The van der Waals surface area contributed by atoms with Crippen LogP contribution in [0.5, 0.6) is 5.75 Å². The summed E-state index contributed by atoms with van der Waals surface area (Å²) in [5, 5.41) is 0.517. The lowest BCUT2D eigenvalue weighted by Gasteiger charge is -2.26. The van der Waals surface area contributed by atoms with Gasteiger partial charge in [0, 0.05) is 6.54 Å². The number of carbonyl (C=O) groups excluding carboxylic acids is 1. The van der Waals surface area contributed by atoms with Gasteiger partial charge in [-0.15, -0.1) is 0 Å². The Morgan fingerprint density at radius 2 is 1.85 bits per heavy atom. The monoisotopic (exact) mass is 448 g/mol. The Morgan fingerprint density at radius 3 is 2.58 bits per heavy atom. The fourth-order valence-corrected chi connectivity index (χ4v) is 4.40. The molecule has 1 aromatic heterocycles. The summed E-state index contributed by atoms with van der Waals surface area (Å²) in [6.45, 7) is 7.99. The highest BCUT2D eigenvalue weighted by Gasteiger charge is 2.42. The van der Waals surface area contributed by atoms with E-state index in [2.05, 4.69) is 11.8 Å². The molecule has 6 heteroatoms. The number of hydrogen-bond donors (Lipinski definition) is 0. The average molecular weight is 449 g/mol. The zero-order chi connectivity index (χ0) is 23.7. The number of carbonyl (C=O) groups is 1. The SMILES string of the molecule is CCCOc1cccc([C@@H]2c3c(oc4cc(C)c(C)cc4c3=O)C(=O)N2CCCN(C)C)c1. The zero-order valence-corrected chi connectivity index (χ0v) is 20.1. The standard InChI is InChI=1S/C27H32N2O4/c1-6-13-32-20-10-7-9-19(16-20)24-23-25(30)21-14-17(2)18(3)15-22(21)33-26(23)27(31)29(24)12-8-11-28(4)5/h7,9-10,14-16,24H,6,8,11-13H2,1-5H3/t24-/m1/s1. The van der Waals surface area contributed by atoms with Gasteiger partial charge in [0.15, 0.2) is 5.43 Å². The van der Waals surface area contributed by atoms with Gasteiger partial charge in [-0.25, -0.2) is 0 Å². The van der Waals surface area contributed by atoms with E-state index in [1.165, 1.54) is 0 Å². The molecule has 0 saturated carbocycles. The molecule has 0 fully saturated rings. The van der Waals surface area contributed by atoms with Crippen LogP contribution in [0.1, 0.15) is 58.6 Å². The Bertz CT molecular complexity index is 1240. The van der Waals surface area contributed by atoms with Gasteiger partial charge in [-0.05, 0) is 88.3 Å². The van der Waals surface area contributed by atoms with Crippen molar-refractivity contribution in [2.24, 2.45) is 0 Å². The highest BCUT2D eigenvalue weighted by Crippen LogP contribution is 2.39. The van der Waals surface area contributed by atoms with Crippen LogP contribution in [0.25, 0.3) is 11.0 Å². The maximum Gasteiger partial charge on any atom is 0.290 e. The van der Waals surface area contributed by atoms with Crippen molar-refractivity contribution in [3.05, 3.63) is 74.6 Å². The molecular weight excluding hydrogens is 416 g/mol. The molecule has 0 saturated heterocycles. The molecule has 3 aromatic rings. The van der Waals surface area contributed by atoms with E-state index in [1.807, 2.05) is 64.3 Å². The lowest BCUT2D eigenvalue weighted by atomic mass is 9.97. The fourth-order valence-electron chi connectivity index (χ4n) is 4.40. The minimum absolute atomic E-state index is 0.136. The third-order valence-electron chi connectivity index (χ3n) is 6.23. The second kappa shape index (κ2) is 9.40. The average Bonchev–Trinajstić information content (AvgIpc) is 3.06. The van der Waals surface area contributed by atoms with Gasteiger partial charge in [0.25, 0.3) is 5.91 Å². The number of fused-ring (bicyclic) bond motifs is 2. The van der Waals surface area contributed by atoms with Crippen molar-refractivity contribution >= 4 is 16.9 Å². The first-order valence-corrected chi connectivity index (χ1v) is 11.6. The van der Waals surface area contributed by atoms with E-state index in [-0.39, 0.29) is 17.1 Å². The van der Waals surface area contributed by atoms with Gasteiger partial charge >= 0.3 is 0 Å². The van der Waals surface area contributed by atoms with Gasteiger partial charge in [-0.3, -0.25) is 9.59 Å². The highest BCUT2D eigenvalue weighted by atomic mass is 16.5. The van der Waals surface area contributed by atoms with Gasteiger partial charge < -0.3 is 19.0 Å². The van der Waals surface area contributed by atoms with Crippen LogP contribution >= 0.6 is 0 Å². The lowest BCUT2D eigenvalue weighted by molar-refractivity contribution is 0.0722. The number of hydrogen-bond acceptors (Lipinski definition) is 5. The Morgan fingerprint density at radius 1 is 1.09 bits per heavy atom. The van der Waals surface area contributed by atoms with Gasteiger partial charge in [-0.1, -0.05) is 19.1 Å². The third-order valence-corrected chi connectivity index (χ3v) is 6.23. The van der Waals surface area contributed by atoms with Crippen molar-refractivity contribution < 1.29 is 13.9 Å². The summed E-state index contributed by atoms with van der Waals surface area (Å²) < 4.78 is 11.9. The molecule has 4 rings (SSSR count). The summed E-state index contributed by atoms with van der Waals surface area (Å²) in [5.41, 5.74) is 3.65. The summed E-state index contributed by atoms with van der Waals surface area (Å²) in [6.07, 6.45) is 1.70. The first-order valence-electron chi connectivity index (χ1n) is 11.6. The van der Waals surface area contributed by atoms with Crippen LogP contribution in [0.4, 0.5) is 0 Å². The Hall–Kier alpha value is -3.12. The largest absolute Gasteiger partial charge is 0.494 e. The van der Waals surface area contributed by atoms with Crippen LogP contribution in [-0.4, -0.2) is 49.5 Å². The van der Waals surface area contributed by atoms with E-state index >= 15 is 0 Å². The predicted molar refractivity (Wildman–Crippen MR) is 130 cm³/mol. The smallest absolute Gasteiger partial charge is 0.290 e. The second-order valence-corrected chi connectivity index (χ2v) is 9.09. The van der Waals surface area contributed by atoms with E-state index in [1.54, 1.807) is 4.90 Å². The minimum atomic E-state index is -0.498. The Labute approximate surface area is 194 Å². The van der Waals surface area contributed by atoms with Crippen molar-refractivity contribution in [3.63, 3.8) is 0 Å². The van der Waals surface area contributed by atoms with Crippen molar-refractivity contribution in [3.8, 4) is 5.75 Å². The quantitative estimate of drug-likeness (QED) is 0.500. The first kappa shape index (κ1) is 23.1. The van der Waals surface area contributed by atoms with Crippen LogP contribution in [-0.2, 0) is 0 Å². The van der Waals surface area contributed by atoms with Gasteiger partial charge in [0.2, 0.25) is 5.76 Å². The Kier molecular flexibility index (Phi) is 6.56. The van der Waals surface area contributed by atoms with Crippen molar-refractivity contribution in [2.75, 3.05) is 33.8 Å². The topological polar surface area (TPSA) is 63.0 Å². The molecule has 33 heavy (non-hydrogen) atoms. The second-order valence-electron chi connectivity index (χ2n) is 9.09. The number of amides is 1. The highest BCUT2D eigenvalue weighted by molar-refractivity contribution is 5.99. The van der Waals surface area contributed by atoms with Crippen LogP contribution in [0.2, 0.25) is 0 Å². The van der Waals surface area contributed by atoms with Crippen LogP contribution in [0.15, 0.2) is 45.6 Å². The first-order chi connectivity index (χ1) is 15.8. The number of aryl methyl sites for hydroxylation is 2. The van der Waals surface area contributed by atoms with Crippen molar-refractivity contribution in [2.45, 2.75) is 39.7 Å². The number of rotatable bonds is 8. The molecule has 0 spiro atoms. The lowest BCUT2D eigenvalue weighted by Crippen LogP contribution is -2.32. The molecule has 1 aliphatic rings. The molecule has 0 radical (unpaired) electrons. The minimum Gasteiger partial charge on any atom is -0.494 e. The van der Waals surface area contributed by atoms with E-state index < -0.39 is 6.04 Å². The molecule has 0 unspecified atom stereocenters. The molecule has 0 bridgehead atoms. The number of ether oxygens (including phenoxy) is 1. The molecule has 2 aromatic carbocycles. The molecule has 1 aliphatic heterocycles. The Balaban J connectivity index is 1.86. The zero-order valence-electron chi connectivity index (χ0n) is 20.1. The molecule has 174 valence electrons. The summed E-state index contributed by atoms with van der Waals surface area (Å²) in [5.74, 6) is 0.663. The number of benzene rings is 2. The summed E-state index contributed by atoms with van der Waals surface area (Å²) in [4.78, 5) is 31.1. The maximum absolute atomic E-state index is 13.7. The molecule has 1 atom stereocenters. The summed E-state index contributed by atoms with van der Waals surface area (Å²) in [7, 11) is 4.02. The summed E-state index contributed by atoms with van der Waals surface area (Å²) >= 11 is 0. The molecule has 1 amide bonds. The fraction of sp³-hybridized carbons (Fsp3) is 0.407. The molecule has 6 nitrogen and oxygen atoms in total. The van der Waals surface area contributed by atoms with E-state index in [0.29, 0.717) is 29.7 Å². The molecular formula is C27H32N2O4. The van der Waals surface area contributed by atoms with Crippen molar-refractivity contribution in [1.29, 1.82) is 0 Å². The molecule has 0 N–H and O–H groups in total. The van der Waals surface area contributed by atoms with Crippen LogP contribution < -0.4 is 10.2 Å².